The van der Waals surface area contributed by atoms with E-state index in [0.717, 1.165) is 19.3 Å². The molecule has 2 N–H and O–H groups in total. The molecule has 3 aromatic rings. The fourth-order valence-corrected chi connectivity index (χ4v) is 7.52. The summed E-state index contributed by atoms with van der Waals surface area (Å²) in [6.07, 6.45) is -0.123. The standard InChI is InChI=1S/C30H36F3N7O4S/c1-27(2)18-28(3)11-5-15-34-21-6-4-7-24(35-21)45(42,43)38-26(41)20-8-9-22(36-25(20)39(27)19-28)40-16-10-23(37-40)44-17-14-29(12-13-29)30(31,32)33/h4,6-10,16H,5,11-15,17-19H2,1-3H3,(H,34,35)(H,38,41). The predicted molar refractivity (Wildman–Crippen MR) is 160 cm³/mol. The van der Waals surface area contributed by atoms with Crippen LogP contribution in [0.1, 0.15) is 69.7 Å². The monoisotopic (exact) mass is 647 g/mol. The first-order valence-electron chi connectivity index (χ1n) is 14.9. The minimum absolute atomic E-state index is 0.0642. The number of nitrogens with zero attached hydrogens (tertiary/aromatic N) is 5. The van der Waals surface area contributed by atoms with Crippen molar-refractivity contribution >= 4 is 27.6 Å². The van der Waals surface area contributed by atoms with Gasteiger partial charge in [-0.3, -0.25) is 4.79 Å². The summed E-state index contributed by atoms with van der Waals surface area (Å²) >= 11 is 0. The number of sulfonamides is 1. The molecule has 1 saturated carbocycles. The highest BCUT2D eigenvalue weighted by molar-refractivity contribution is 7.90. The van der Waals surface area contributed by atoms with Crippen LogP contribution in [-0.4, -0.2) is 65.5 Å². The van der Waals surface area contributed by atoms with Crippen LogP contribution in [0.2, 0.25) is 0 Å². The van der Waals surface area contributed by atoms with Crippen molar-refractivity contribution in [2.75, 3.05) is 29.9 Å². The SMILES string of the molecule is CC12CCCNc3cccc(n3)S(=O)(=O)NC(=O)c3ccc(-n4ccc(OCCC5(C(F)(F)F)CC5)n4)nc3N(C1)C(C)(C)C2. The number of hydrogen-bond acceptors (Lipinski definition) is 9. The normalized spacial score (nSPS) is 23.6. The van der Waals surface area contributed by atoms with Gasteiger partial charge in [0.15, 0.2) is 10.8 Å². The molecular weight excluding hydrogens is 611 g/mol. The highest BCUT2D eigenvalue weighted by atomic mass is 32.2. The second-order valence-corrected chi connectivity index (χ2v) is 14.9. The van der Waals surface area contributed by atoms with Gasteiger partial charge in [-0.1, -0.05) is 13.0 Å². The molecule has 2 aliphatic heterocycles. The molecule has 45 heavy (non-hydrogen) atoms. The van der Waals surface area contributed by atoms with Gasteiger partial charge >= 0.3 is 6.18 Å². The first kappa shape index (κ1) is 31.1. The number of fused-ring (bicyclic) bond motifs is 6. The lowest BCUT2D eigenvalue weighted by Gasteiger charge is -2.33. The van der Waals surface area contributed by atoms with Crippen LogP contribution in [0.3, 0.4) is 0 Å². The zero-order chi connectivity index (χ0) is 32.3. The van der Waals surface area contributed by atoms with Crippen LogP contribution in [-0.2, 0) is 10.0 Å². The summed E-state index contributed by atoms with van der Waals surface area (Å²) in [4.78, 5) is 24.7. The fourth-order valence-electron chi connectivity index (χ4n) is 6.58. The molecule has 0 aromatic carbocycles. The third-order valence-corrected chi connectivity index (χ3v) is 10.3. The van der Waals surface area contributed by atoms with Crippen LogP contribution >= 0.6 is 0 Å². The van der Waals surface area contributed by atoms with E-state index in [4.69, 9.17) is 9.72 Å². The Morgan fingerprint density at radius 1 is 1.04 bits per heavy atom. The lowest BCUT2D eigenvalue weighted by atomic mass is 9.80. The van der Waals surface area contributed by atoms with Gasteiger partial charge in [-0.25, -0.2) is 19.4 Å². The minimum atomic E-state index is -4.31. The number of amides is 1. The second kappa shape index (κ2) is 10.9. The van der Waals surface area contributed by atoms with Crippen molar-refractivity contribution in [3.63, 3.8) is 0 Å². The van der Waals surface area contributed by atoms with E-state index < -0.39 is 33.1 Å². The molecule has 1 saturated heterocycles. The number of carbonyl (C=O) groups excluding carboxylic acids is 1. The van der Waals surface area contributed by atoms with E-state index in [-0.39, 0.29) is 47.8 Å². The largest absolute Gasteiger partial charge is 0.477 e. The lowest BCUT2D eigenvalue weighted by molar-refractivity contribution is -0.190. The predicted octanol–water partition coefficient (Wildman–Crippen LogP) is 5.09. The lowest BCUT2D eigenvalue weighted by Crippen LogP contribution is -2.41. The molecule has 6 rings (SSSR count). The molecule has 1 unspecified atom stereocenters. The smallest absolute Gasteiger partial charge is 0.394 e. The third kappa shape index (κ3) is 6.18. The highest BCUT2D eigenvalue weighted by Crippen LogP contribution is 2.59. The van der Waals surface area contributed by atoms with Gasteiger partial charge < -0.3 is 15.0 Å². The van der Waals surface area contributed by atoms with E-state index in [9.17, 15) is 26.4 Å². The summed E-state index contributed by atoms with van der Waals surface area (Å²) in [7, 11) is -4.31. The second-order valence-electron chi connectivity index (χ2n) is 13.2. The molecular formula is C30H36F3N7O4S. The average Bonchev–Trinajstić information content (AvgIpc) is 3.54. The van der Waals surface area contributed by atoms with Gasteiger partial charge in [0.2, 0.25) is 5.88 Å². The van der Waals surface area contributed by atoms with Crippen molar-refractivity contribution in [2.24, 2.45) is 10.8 Å². The number of hydrogen-bond donors (Lipinski definition) is 2. The number of rotatable bonds is 5. The first-order chi connectivity index (χ1) is 21.1. The molecule has 0 radical (unpaired) electrons. The van der Waals surface area contributed by atoms with Crippen LogP contribution in [0, 0.1) is 10.8 Å². The van der Waals surface area contributed by atoms with Gasteiger partial charge in [-0.2, -0.15) is 21.6 Å². The number of carbonyl (C=O) groups is 1. The Labute approximate surface area is 259 Å². The Morgan fingerprint density at radius 2 is 1.82 bits per heavy atom. The number of alkyl halides is 3. The van der Waals surface area contributed by atoms with Crippen LogP contribution in [0.5, 0.6) is 5.88 Å². The van der Waals surface area contributed by atoms with E-state index in [1.807, 2.05) is 4.90 Å². The van der Waals surface area contributed by atoms with Crippen molar-refractivity contribution in [1.29, 1.82) is 0 Å². The molecule has 3 aliphatic rings. The molecule has 0 spiro atoms. The fraction of sp³-hybridized carbons (Fsp3) is 0.533. The Bertz CT molecular complexity index is 1720. The molecule has 2 fully saturated rings. The van der Waals surface area contributed by atoms with Crippen molar-refractivity contribution in [1.82, 2.24) is 24.5 Å². The molecule has 1 aliphatic carbocycles. The van der Waals surface area contributed by atoms with E-state index in [1.54, 1.807) is 18.3 Å². The highest BCUT2D eigenvalue weighted by Gasteiger charge is 2.62. The summed E-state index contributed by atoms with van der Waals surface area (Å²) in [6, 6.07) is 9.13. The zero-order valence-electron chi connectivity index (χ0n) is 25.3. The van der Waals surface area contributed by atoms with Crippen molar-refractivity contribution in [2.45, 2.75) is 76.0 Å². The molecule has 1 atom stereocenters. The Morgan fingerprint density at radius 3 is 2.56 bits per heavy atom. The number of pyridine rings is 2. The molecule has 242 valence electrons. The first-order valence-corrected chi connectivity index (χ1v) is 16.4. The summed E-state index contributed by atoms with van der Waals surface area (Å²) in [6.45, 7) is 7.36. The van der Waals surface area contributed by atoms with Crippen molar-refractivity contribution in [3.8, 4) is 11.7 Å². The third-order valence-electron chi connectivity index (χ3n) is 9.06. The van der Waals surface area contributed by atoms with Crippen LogP contribution in [0.15, 0.2) is 47.6 Å². The molecule has 11 nitrogen and oxygen atoms in total. The van der Waals surface area contributed by atoms with Crippen LogP contribution in [0.25, 0.3) is 5.82 Å². The number of aromatic nitrogens is 4. The molecule has 15 heteroatoms. The van der Waals surface area contributed by atoms with Crippen LogP contribution in [0.4, 0.5) is 24.8 Å². The quantitative estimate of drug-likeness (QED) is 0.389. The van der Waals surface area contributed by atoms with Gasteiger partial charge in [0.05, 0.1) is 17.6 Å². The summed E-state index contributed by atoms with van der Waals surface area (Å²) in [5.74, 6) is 0.316. The van der Waals surface area contributed by atoms with Crippen molar-refractivity contribution in [3.05, 3.63) is 48.2 Å². The van der Waals surface area contributed by atoms with Gasteiger partial charge in [-0.05, 0) is 82.1 Å². The van der Waals surface area contributed by atoms with Gasteiger partial charge in [0.1, 0.15) is 11.6 Å². The Hall–Kier alpha value is -3.88. The topological polar surface area (TPSA) is 131 Å². The number of nitrogens with one attached hydrogen (secondary N) is 2. The maximum absolute atomic E-state index is 13.6. The summed E-state index contributed by atoms with van der Waals surface area (Å²) < 4.78 is 75.4. The molecule has 3 aromatic heterocycles. The molecule has 5 heterocycles. The summed E-state index contributed by atoms with van der Waals surface area (Å²) in [5.41, 5.74) is -2.16. The molecule has 4 bridgehead atoms. The van der Waals surface area contributed by atoms with Crippen molar-refractivity contribution < 1.29 is 31.1 Å². The maximum Gasteiger partial charge on any atom is 0.394 e. The Balaban J connectivity index is 1.32. The molecule has 1 amide bonds. The van der Waals surface area contributed by atoms with E-state index in [1.165, 1.54) is 28.9 Å². The maximum atomic E-state index is 13.6. The zero-order valence-corrected chi connectivity index (χ0v) is 26.1. The van der Waals surface area contributed by atoms with Crippen LogP contribution < -0.4 is 19.7 Å². The van der Waals surface area contributed by atoms with Gasteiger partial charge in [0, 0.05) is 30.9 Å². The summed E-state index contributed by atoms with van der Waals surface area (Å²) in [5, 5.41) is 7.26. The minimum Gasteiger partial charge on any atom is -0.477 e. The average molecular weight is 648 g/mol. The number of ether oxygens (including phenoxy) is 1. The van der Waals surface area contributed by atoms with E-state index in [0.29, 0.717) is 30.5 Å². The number of halogens is 3. The van der Waals surface area contributed by atoms with Gasteiger partial charge in [0.25, 0.3) is 15.9 Å². The van der Waals surface area contributed by atoms with Gasteiger partial charge in [-0.15, -0.1) is 5.10 Å². The Kier molecular flexibility index (Phi) is 7.52. The van der Waals surface area contributed by atoms with E-state index >= 15 is 0 Å². The number of anilines is 2. The van der Waals surface area contributed by atoms with E-state index in [2.05, 4.69) is 40.9 Å².